The van der Waals surface area contributed by atoms with Crippen molar-refractivity contribution >= 4 is 27.4 Å². The number of amides is 2. The third-order valence-electron chi connectivity index (χ3n) is 5.51. The third-order valence-corrected chi connectivity index (χ3v) is 7.26. The molecule has 9 heteroatoms. The van der Waals surface area contributed by atoms with E-state index >= 15 is 0 Å². The van der Waals surface area contributed by atoms with Crippen molar-refractivity contribution in [1.29, 1.82) is 0 Å². The molecule has 3 aliphatic rings. The number of hydrazone groups is 1. The van der Waals surface area contributed by atoms with Crippen LogP contribution >= 0.6 is 0 Å². The number of likely N-dealkylation sites (tertiary alicyclic amines) is 1. The van der Waals surface area contributed by atoms with Gasteiger partial charge in [0.15, 0.2) is 9.84 Å². The minimum Gasteiger partial charge on any atom is -0.351 e. The van der Waals surface area contributed by atoms with Gasteiger partial charge in [-0.2, -0.15) is 5.10 Å². The highest BCUT2D eigenvalue weighted by Crippen LogP contribution is 2.22. The summed E-state index contributed by atoms with van der Waals surface area (Å²) >= 11 is 0. The second-order valence-corrected chi connectivity index (χ2v) is 9.94. The molecule has 0 aromatic heterocycles. The largest absolute Gasteiger partial charge is 0.351 e. The molecular formula is C18H30N4O4S. The van der Waals surface area contributed by atoms with Gasteiger partial charge in [-0.1, -0.05) is 12.8 Å². The first kappa shape index (κ1) is 20.3. The molecule has 3 aliphatic heterocycles. The monoisotopic (exact) mass is 398 g/mol. The van der Waals surface area contributed by atoms with Gasteiger partial charge in [0.05, 0.1) is 17.5 Å². The van der Waals surface area contributed by atoms with E-state index in [2.05, 4.69) is 15.3 Å². The van der Waals surface area contributed by atoms with E-state index in [1.807, 2.05) is 0 Å². The lowest BCUT2D eigenvalue weighted by atomic mass is 10.1. The second-order valence-electron chi connectivity index (χ2n) is 7.71. The van der Waals surface area contributed by atoms with Gasteiger partial charge in [-0.05, 0) is 45.3 Å². The van der Waals surface area contributed by atoms with Crippen molar-refractivity contribution in [2.75, 3.05) is 37.7 Å². The van der Waals surface area contributed by atoms with Gasteiger partial charge in [-0.3, -0.25) is 9.59 Å². The van der Waals surface area contributed by atoms with Gasteiger partial charge < -0.3 is 10.2 Å². The van der Waals surface area contributed by atoms with Gasteiger partial charge in [0.25, 0.3) is 5.91 Å². The van der Waals surface area contributed by atoms with Crippen molar-refractivity contribution in [2.24, 2.45) is 5.10 Å². The SMILES string of the molecule is O=C(NCCCN1CCCCCC1)C1=NN(C2CCS(=O)(=O)C2)C(=O)CC1. The predicted molar refractivity (Wildman–Crippen MR) is 103 cm³/mol. The summed E-state index contributed by atoms with van der Waals surface area (Å²) in [5.41, 5.74) is 0.327. The molecule has 0 bridgehead atoms. The minimum absolute atomic E-state index is 0.0625. The standard InChI is InChI=1S/C18H30N4O4S/c23-17-7-6-16(20-22(17)15-8-13-27(25,26)14-15)18(24)19-9-5-12-21-10-3-1-2-4-11-21/h15H,1-14H2,(H,19,24). The molecule has 0 aliphatic carbocycles. The summed E-state index contributed by atoms with van der Waals surface area (Å²) in [4.78, 5) is 27.0. The number of hydrogen-bond donors (Lipinski definition) is 1. The summed E-state index contributed by atoms with van der Waals surface area (Å²) < 4.78 is 23.3. The lowest BCUT2D eigenvalue weighted by Crippen LogP contribution is -2.44. The highest BCUT2D eigenvalue weighted by molar-refractivity contribution is 7.91. The zero-order valence-electron chi connectivity index (χ0n) is 15.9. The minimum atomic E-state index is -3.11. The molecule has 3 rings (SSSR count). The molecule has 2 saturated heterocycles. The van der Waals surface area contributed by atoms with E-state index in [0.717, 1.165) is 26.1 Å². The van der Waals surface area contributed by atoms with Gasteiger partial charge in [-0.15, -0.1) is 0 Å². The Morgan fingerprint density at radius 2 is 1.89 bits per heavy atom. The number of carbonyl (C=O) groups is 2. The Labute approximate surface area is 161 Å². The molecule has 1 atom stereocenters. The topological polar surface area (TPSA) is 99.2 Å². The average molecular weight is 399 g/mol. The molecule has 8 nitrogen and oxygen atoms in total. The Bertz CT molecular complexity index is 683. The van der Waals surface area contributed by atoms with E-state index in [-0.39, 0.29) is 29.7 Å². The molecule has 27 heavy (non-hydrogen) atoms. The molecule has 1 N–H and O–H groups in total. The first-order valence-corrected chi connectivity index (χ1v) is 11.9. The van der Waals surface area contributed by atoms with Crippen molar-refractivity contribution in [2.45, 2.75) is 57.4 Å². The maximum absolute atomic E-state index is 12.4. The van der Waals surface area contributed by atoms with Crippen LogP contribution in [-0.4, -0.2) is 79.6 Å². The van der Waals surface area contributed by atoms with E-state index in [4.69, 9.17) is 0 Å². The van der Waals surface area contributed by atoms with E-state index in [1.165, 1.54) is 30.7 Å². The molecule has 0 aromatic carbocycles. The van der Waals surface area contributed by atoms with Crippen LogP contribution in [0.3, 0.4) is 0 Å². The van der Waals surface area contributed by atoms with E-state index in [9.17, 15) is 18.0 Å². The molecule has 2 fully saturated rings. The molecule has 0 saturated carbocycles. The van der Waals surface area contributed by atoms with E-state index < -0.39 is 15.9 Å². The molecule has 0 radical (unpaired) electrons. The summed E-state index contributed by atoms with van der Waals surface area (Å²) in [6.07, 6.45) is 6.93. The Morgan fingerprint density at radius 1 is 1.15 bits per heavy atom. The van der Waals surface area contributed by atoms with Crippen LogP contribution in [-0.2, 0) is 19.4 Å². The number of rotatable bonds is 6. The smallest absolute Gasteiger partial charge is 0.267 e. The molecule has 0 spiro atoms. The normalized spacial score (nSPS) is 26.5. The maximum Gasteiger partial charge on any atom is 0.267 e. The van der Waals surface area contributed by atoms with Crippen molar-refractivity contribution in [3.8, 4) is 0 Å². The van der Waals surface area contributed by atoms with Crippen molar-refractivity contribution in [3.63, 3.8) is 0 Å². The summed E-state index contributed by atoms with van der Waals surface area (Å²) in [5.74, 6) is -0.429. The van der Waals surface area contributed by atoms with E-state index in [1.54, 1.807) is 0 Å². The van der Waals surface area contributed by atoms with Crippen LogP contribution in [0.1, 0.15) is 51.4 Å². The highest BCUT2D eigenvalue weighted by atomic mass is 32.2. The van der Waals surface area contributed by atoms with Gasteiger partial charge >= 0.3 is 0 Å². The van der Waals surface area contributed by atoms with Gasteiger partial charge in [0, 0.05) is 19.4 Å². The quantitative estimate of drug-likeness (QED) is 0.658. The summed E-state index contributed by atoms with van der Waals surface area (Å²) in [6, 6.07) is -0.436. The van der Waals surface area contributed by atoms with Gasteiger partial charge in [0.1, 0.15) is 5.71 Å². The number of hydrogen-bond acceptors (Lipinski definition) is 6. The van der Waals surface area contributed by atoms with Crippen LogP contribution in [0.25, 0.3) is 0 Å². The average Bonchev–Trinajstić information content (AvgIpc) is 2.84. The van der Waals surface area contributed by atoms with Crippen LogP contribution in [0.2, 0.25) is 0 Å². The lowest BCUT2D eigenvalue weighted by Gasteiger charge is -2.27. The zero-order valence-corrected chi connectivity index (χ0v) is 16.7. The zero-order chi connectivity index (χ0) is 19.3. The Hall–Kier alpha value is -1.48. The molecule has 2 amide bonds. The fourth-order valence-electron chi connectivity index (χ4n) is 3.95. The first-order valence-electron chi connectivity index (χ1n) is 10.1. The lowest BCUT2D eigenvalue weighted by molar-refractivity contribution is -0.133. The van der Waals surface area contributed by atoms with Crippen LogP contribution in [0, 0.1) is 0 Å². The Kier molecular flexibility index (Phi) is 6.86. The second kappa shape index (κ2) is 9.14. The van der Waals surface area contributed by atoms with Crippen LogP contribution in [0.5, 0.6) is 0 Å². The number of nitrogens with zero attached hydrogens (tertiary/aromatic N) is 3. The summed E-state index contributed by atoms with van der Waals surface area (Å²) in [7, 11) is -3.11. The third kappa shape index (κ3) is 5.75. The molecule has 3 heterocycles. The molecule has 0 aromatic rings. The Morgan fingerprint density at radius 3 is 2.56 bits per heavy atom. The molecule has 1 unspecified atom stereocenters. The summed E-state index contributed by atoms with van der Waals surface area (Å²) in [6.45, 7) is 3.85. The fraction of sp³-hybridized carbons (Fsp3) is 0.833. The van der Waals surface area contributed by atoms with Crippen LogP contribution < -0.4 is 5.32 Å². The number of nitrogens with one attached hydrogen (secondary N) is 1. The predicted octanol–water partition coefficient (Wildman–Crippen LogP) is 0.534. The highest BCUT2D eigenvalue weighted by Gasteiger charge is 2.37. The molecule has 152 valence electrons. The summed E-state index contributed by atoms with van der Waals surface area (Å²) in [5, 5.41) is 8.34. The van der Waals surface area contributed by atoms with Gasteiger partial charge in [0.2, 0.25) is 5.91 Å². The van der Waals surface area contributed by atoms with Gasteiger partial charge in [-0.25, -0.2) is 13.4 Å². The first-order chi connectivity index (χ1) is 12.9. The van der Waals surface area contributed by atoms with Crippen LogP contribution in [0.4, 0.5) is 0 Å². The Balaban J connectivity index is 1.47. The van der Waals surface area contributed by atoms with Crippen molar-refractivity contribution < 1.29 is 18.0 Å². The van der Waals surface area contributed by atoms with E-state index in [0.29, 0.717) is 25.1 Å². The fourth-order valence-corrected chi connectivity index (χ4v) is 5.65. The number of sulfone groups is 1. The maximum atomic E-state index is 12.4. The van der Waals surface area contributed by atoms with Crippen LogP contribution in [0.15, 0.2) is 5.10 Å². The van der Waals surface area contributed by atoms with Crippen molar-refractivity contribution in [1.82, 2.24) is 15.2 Å². The molecular weight excluding hydrogens is 368 g/mol. The number of carbonyl (C=O) groups excluding carboxylic acids is 2. The van der Waals surface area contributed by atoms with Crippen molar-refractivity contribution in [3.05, 3.63) is 0 Å².